The SMILES string of the molecule is Cc1ccc(C(=O)CCC(=O)NCCCN2CCCCCC2=O)s1. The zero-order chi connectivity index (χ0) is 17.4. The largest absolute Gasteiger partial charge is 0.356 e. The molecule has 1 fully saturated rings. The predicted octanol–water partition coefficient (Wildman–Crippen LogP) is 2.93. The number of thiophene rings is 1. The fourth-order valence-corrected chi connectivity index (χ4v) is 3.63. The van der Waals surface area contributed by atoms with Gasteiger partial charge in [-0.15, -0.1) is 11.3 Å². The second-order valence-corrected chi connectivity index (χ2v) is 7.52. The summed E-state index contributed by atoms with van der Waals surface area (Å²) in [6, 6.07) is 3.74. The molecule has 0 radical (unpaired) electrons. The minimum absolute atomic E-state index is 0.0263. The number of carbonyl (C=O) groups is 3. The Morgan fingerprint density at radius 2 is 2.04 bits per heavy atom. The Hall–Kier alpha value is -1.69. The number of carbonyl (C=O) groups excluding carboxylic acids is 3. The highest BCUT2D eigenvalue weighted by molar-refractivity contribution is 7.14. The van der Waals surface area contributed by atoms with Crippen molar-refractivity contribution in [1.82, 2.24) is 10.2 Å². The maximum atomic E-state index is 12.0. The Morgan fingerprint density at radius 1 is 1.21 bits per heavy atom. The standard InChI is InChI=1S/C18H26N2O3S/c1-14-7-9-16(24-14)15(21)8-10-17(22)19-11-5-13-20-12-4-2-3-6-18(20)23/h7,9H,2-6,8,10-13H2,1H3,(H,19,22). The van der Waals surface area contributed by atoms with Gasteiger partial charge in [-0.3, -0.25) is 14.4 Å². The lowest BCUT2D eigenvalue weighted by molar-refractivity contribution is -0.130. The Morgan fingerprint density at radius 3 is 2.79 bits per heavy atom. The minimum atomic E-state index is -0.0983. The number of rotatable bonds is 8. The van der Waals surface area contributed by atoms with Gasteiger partial charge >= 0.3 is 0 Å². The molecule has 0 atom stereocenters. The molecule has 24 heavy (non-hydrogen) atoms. The Kier molecular flexibility index (Phi) is 7.43. The molecule has 1 aliphatic heterocycles. The fraction of sp³-hybridized carbons (Fsp3) is 0.611. The van der Waals surface area contributed by atoms with E-state index in [1.165, 1.54) is 11.3 Å². The topological polar surface area (TPSA) is 66.5 Å². The molecule has 1 aromatic rings. The highest BCUT2D eigenvalue weighted by Gasteiger charge is 2.16. The van der Waals surface area contributed by atoms with E-state index in [0.29, 0.717) is 19.5 Å². The summed E-state index contributed by atoms with van der Waals surface area (Å²) in [5.41, 5.74) is 0. The third-order valence-electron chi connectivity index (χ3n) is 4.19. The van der Waals surface area contributed by atoms with Crippen LogP contribution in [0.25, 0.3) is 0 Å². The Bertz CT molecular complexity index is 583. The monoisotopic (exact) mass is 350 g/mol. The van der Waals surface area contributed by atoms with Crippen molar-refractivity contribution >= 4 is 28.9 Å². The third-order valence-corrected chi connectivity index (χ3v) is 5.23. The number of aryl methyl sites for hydroxylation is 1. The van der Waals surface area contributed by atoms with Gasteiger partial charge < -0.3 is 10.2 Å². The van der Waals surface area contributed by atoms with Crippen molar-refractivity contribution in [2.75, 3.05) is 19.6 Å². The molecule has 6 heteroatoms. The average Bonchev–Trinajstić information content (AvgIpc) is 2.89. The van der Waals surface area contributed by atoms with Gasteiger partial charge in [-0.2, -0.15) is 0 Å². The first-order chi connectivity index (χ1) is 11.6. The van der Waals surface area contributed by atoms with Crippen LogP contribution in [0.1, 0.15) is 59.5 Å². The fourth-order valence-electron chi connectivity index (χ4n) is 2.80. The van der Waals surface area contributed by atoms with E-state index in [1.54, 1.807) is 0 Å². The maximum Gasteiger partial charge on any atom is 0.222 e. The lowest BCUT2D eigenvalue weighted by Gasteiger charge is -2.20. The molecule has 2 heterocycles. The first-order valence-corrected chi connectivity index (χ1v) is 9.52. The normalized spacial score (nSPS) is 15.2. The summed E-state index contributed by atoms with van der Waals surface area (Å²) in [4.78, 5) is 39.4. The van der Waals surface area contributed by atoms with Crippen molar-refractivity contribution in [3.05, 3.63) is 21.9 Å². The van der Waals surface area contributed by atoms with E-state index in [-0.39, 0.29) is 30.4 Å². The molecule has 0 spiro atoms. The van der Waals surface area contributed by atoms with Crippen LogP contribution in [0.2, 0.25) is 0 Å². The van der Waals surface area contributed by atoms with Gasteiger partial charge in [0.05, 0.1) is 4.88 Å². The first kappa shape index (κ1) is 18.6. The number of Topliss-reactive ketones (excluding diaryl/α,β-unsaturated/α-hetero) is 1. The lowest BCUT2D eigenvalue weighted by atomic mass is 10.2. The summed E-state index contributed by atoms with van der Waals surface area (Å²) in [5.74, 6) is 0.160. The molecule has 2 amide bonds. The van der Waals surface area contributed by atoms with Gasteiger partial charge in [-0.25, -0.2) is 0 Å². The second kappa shape index (κ2) is 9.57. The zero-order valence-electron chi connectivity index (χ0n) is 14.3. The molecule has 5 nitrogen and oxygen atoms in total. The van der Waals surface area contributed by atoms with Gasteiger partial charge in [0, 0.05) is 43.8 Å². The molecular formula is C18H26N2O3S. The molecule has 1 aromatic heterocycles. The van der Waals surface area contributed by atoms with E-state index in [0.717, 1.165) is 42.0 Å². The van der Waals surface area contributed by atoms with Gasteiger partial charge in [0.1, 0.15) is 0 Å². The van der Waals surface area contributed by atoms with Crippen LogP contribution < -0.4 is 5.32 Å². The van der Waals surface area contributed by atoms with Crippen molar-refractivity contribution in [2.45, 2.75) is 51.9 Å². The van der Waals surface area contributed by atoms with E-state index < -0.39 is 0 Å². The highest BCUT2D eigenvalue weighted by atomic mass is 32.1. The van der Waals surface area contributed by atoms with Crippen molar-refractivity contribution in [1.29, 1.82) is 0 Å². The quantitative estimate of drug-likeness (QED) is 0.579. The van der Waals surface area contributed by atoms with Crippen LogP contribution in [0.5, 0.6) is 0 Å². The maximum absolute atomic E-state index is 12.0. The number of hydrogen-bond acceptors (Lipinski definition) is 4. The van der Waals surface area contributed by atoms with E-state index in [1.807, 2.05) is 24.0 Å². The molecule has 0 aliphatic carbocycles. The molecule has 1 aliphatic rings. The number of ketones is 1. The molecule has 0 bridgehead atoms. The highest BCUT2D eigenvalue weighted by Crippen LogP contribution is 2.17. The van der Waals surface area contributed by atoms with Crippen LogP contribution in [0, 0.1) is 6.92 Å². The van der Waals surface area contributed by atoms with Gasteiger partial charge in [-0.05, 0) is 38.3 Å². The first-order valence-electron chi connectivity index (χ1n) is 8.70. The molecule has 132 valence electrons. The van der Waals surface area contributed by atoms with Crippen molar-refractivity contribution < 1.29 is 14.4 Å². The minimum Gasteiger partial charge on any atom is -0.356 e. The summed E-state index contributed by atoms with van der Waals surface area (Å²) in [7, 11) is 0. The summed E-state index contributed by atoms with van der Waals surface area (Å²) in [5, 5.41) is 2.84. The van der Waals surface area contributed by atoms with Crippen molar-refractivity contribution in [3.8, 4) is 0 Å². The van der Waals surface area contributed by atoms with Crippen LogP contribution >= 0.6 is 11.3 Å². The van der Waals surface area contributed by atoms with E-state index in [2.05, 4.69) is 5.32 Å². The number of nitrogens with one attached hydrogen (secondary N) is 1. The van der Waals surface area contributed by atoms with E-state index in [4.69, 9.17) is 0 Å². The molecule has 0 unspecified atom stereocenters. The van der Waals surface area contributed by atoms with Crippen LogP contribution in [-0.2, 0) is 9.59 Å². The summed E-state index contributed by atoms with van der Waals surface area (Å²) < 4.78 is 0. The van der Waals surface area contributed by atoms with Crippen LogP contribution in [0.3, 0.4) is 0 Å². The molecular weight excluding hydrogens is 324 g/mol. The Labute approximate surface area is 147 Å². The number of hydrogen-bond donors (Lipinski definition) is 1. The smallest absolute Gasteiger partial charge is 0.222 e. The molecule has 0 aromatic carbocycles. The van der Waals surface area contributed by atoms with Gasteiger partial charge in [0.2, 0.25) is 11.8 Å². The number of likely N-dealkylation sites (tertiary alicyclic amines) is 1. The summed E-state index contributed by atoms with van der Waals surface area (Å²) >= 11 is 1.47. The second-order valence-electron chi connectivity index (χ2n) is 6.23. The van der Waals surface area contributed by atoms with Gasteiger partial charge in [0.25, 0.3) is 0 Å². The lowest BCUT2D eigenvalue weighted by Crippen LogP contribution is -2.34. The average molecular weight is 350 g/mol. The van der Waals surface area contributed by atoms with Gasteiger partial charge in [0.15, 0.2) is 5.78 Å². The van der Waals surface area contributed by atoms with Crippen LogP contribution in [0.4, 0.5) is 0 Å². The zero-order valence-corrected chi connectivity index (χ0v) is 15.1. The van der Waals surface area contributed by atoms with E-state index in [9.17, 15) is 14.4 Å². The molecule has 1 N–H and O–H groups in total. The van der Waals surface area contributed by atoms with Gasteiger partial charge in [-0.1, -0.05) is 6.42 Å². The number of amides is 2. The molecule has 2 rings (SSSR count). The molecule has 0 saturated carbocycles. The van der Waals surface area contributed by atoms with Crippen molar-refractivity contribution in [3.63, 3.8) is 0 Å². The van der Waals surface area contributed by atoms with Crippen LogP contribution in [-0.4, -0.2) is 42.1 Å². The molecule has 1 saturated heterocycles. The Balaban J connectivity index is 1.59. The predicted molar refractivity (Wildman–Crippen MR) is 95.3 cm³/mol. The summed E-state index contributed by atoms with van der Waals surface area (Å²) in [6.07, 6.45) is 5.06. The third kappa shape index (κ3) is 6.07. The van der Waals surface area contributed by atoms with Crippen molar-refractivity contribution in [2.24, 2.45) is 0 Å². The van der Waals surface area contributed by atoms with E-state index >= 15 is 0 Å². The number of nitrogens with zero attached hydrogens (tertiary/aromatic N) is 1. The summed E-state index contributed by atoms with van der Waals surface area (Å²) in [6.45, 7) is 4.05. The van der Waals surface area contributed by atoms with Crippen LogP contribution in [0.15, 0.2) is 12.1 Å².